The fourth-order valence-corrected chi connectivity index (χ4v) is 2.73. The summed E-state index contributed by atoms with van der Waals surface area (Å²) in [5.74, 6) is -0.588. The number of carbonyl (C=O) groups is 1. The third kappa shape index (κ3) is 3.01. The fraction of sp³-hybridized carbons (Fsp3) is 0.0667. The van der Waals surface area contributed by atoms with E-state index >= 15 is 0 Å². The Morgan fingerprint density at radius 2 is 1.92 bits per heavy atom. The number of fused-ring (bicyclic) bond motifs is 1. The topological polar surface area (TPSA) is 121 Å². The first-order valence-corrected chi connectivity index (χ1v) is 8.06. The van der Waals surface area contributed by atoms with Crippen molar-refractivity contribution in [3.8, 4) is 0 Å². The second kappa shape index (κ2) is 6.20. The third-order valence-corrected chi connectivity index (χ3v) is 4.14. The summed E-state index contributed by atoms with van der Waals surface area (Å²) >= 11 is 1.39. The smallest absolute Gasteiger partial charge is 0.322 e. The van der Waals surface area contributed by atoms with Crippen LogP contribution in [0.15, 0.2) is 46.1 Å². The highest BCUT2D eigenvalue weighted by Gasteiger charge is 2.21. The molecule has 9 heteroatoms. The highest BCUT2D eigenvalue weighted by Crippen LogP contribution is 2.26. The Morgan fingerprint density at radius 3 is 2.62 bits per heavy atom. The summed E-state index contributed by atoms with van der Waals surface area (Å²) in [6.07, 6.45) is 1.82. The van der Waals surface area contributed by atoms with E-state index in [1.807, 2.05) is 6.26 Å². The van der Waals surface area contributed by atoms with E-state index in [0.717, 1.165) is 4.90 Å². The van der Waals surface area contributed by atoms with Crippen LogP contribution in [0.3, 0.4) is 0 Å². The Labute approximate surface area is 139 Å². The molecule has 8 nitrogen and oxygen atoms in total. The van der Waals surface area contributed by atoms with Gasteiger partial charge in [0.1, 0.15) is 5.56 Å². The Bertz CT molecular complexity index is 1010. The maximum Gasteiger partial charge on any atom is 0.323 e. The first kappa shape index (κ1) is 15.8. The van der Waals surface area contributed by atoms with Crippen molar-refractivity contribution in [1.29, 1.82) is 0 Å². The fourth-order valence-electron chi connectivity index (χ4n) is 2.29. The molecule has 0 aliphatic rings. The Kier molecular flexibility index (Phi) is 4.09. The molecule has 0 unspecified atom stereocenters. The Hall–Kier alpha value is -3.07. The van der Waals surface area contributed by atoms with Gasteiger partial charge in [-0.25, -0.2) is 4.79 Å². The predicted molar refractivity (Wildman–Crippen MR) is 91.8 cm³/mol. The van der Waals surface area contributed by atoms with Gasteiger partial charge in [0.15, 0.2) is 0 Å². The molecule has 0 aliphatic heterocycles. The Balaban J connectivity index is 1.95. The van der Waals surface area contributed by atoms with Crippen LogP contribution in [0.4, 0.5) is 11.4 Å². The number of carbonyl (C=O) groups excluding carboxylic acids is 1. The van der Waals surface area contributed by atoms with Crippen LogP contribution in [-0.2, 0) is 0 Å². The molecule has 0 atom stereocenters. The zero-order valence-electron chi connectivity index (χ0n) is 12.5. The van der Waals surface area contributed by atoms with Gasteiger partial charge in [0.05, 0.1) is 16.0 Å². The molecule has 0 radical (unpaired) electrons. The molecular formula is C15H12N4O4S. The lowest BCUT2D eigenvalue weighted by Gasteiger charge is -2.07. The van der Waals surface area contributed by atoms with Crippen molar-refractivity contribution in [2.45, 2.75) is 4.90 Å². The number of nitro groups is 1. The number of hydrogen-bond acceptors (Lipinski definition) is 5. The summed E-state index contributed by atoms with van der Waals surface area (Å²) in [7, 11) is 0. The highest BCUT2D eigenvalue weighted by molar-refractivity contribution is 7.98. The third-order valence-electron chi connectivity index (χ3n) is 3.42. The minimum Gasteiger partial charge on any atom is -0.322 e. The number of H-pyrrole nitrogens is 2. The number of rotatable bonds is 4. The van der Waals surface area contributed by atoms with E-state index < -0.39 is 10.8 Å². The number of imidazole rings is 1. The van der Waals surface area contributed by atoms with Gasteiger partial charge in [0.25, 0.3) is 11.6 Å². The summed E-state index contributed by atoms with van der Waals surface area (Å²) in [6.45, 7) is 0. The van der Waals surface area contributed by atoms with Gasteiger partial charge in [-0.15, -0.1) is 11.8 Å². The number of hydrogen-bond donors (Lipinski definition) is 3. The molecule has 0 fully saturated rings. The number of thioether (sulfide) groups is 1. The molecule has 0 aliphatic carbocycles. The molecule has 2 aromatic carbocycles. The average molecular weight is 344 g/mol. The van der Waals surface area contributed by atoms with Gasteiger partial charge in [-0.3, -0.25) is 14.9 Å². The van der Waals surface area contributed by atoms with Crippen LogP contribution in [0.2, 0.25) is 0 Å². The van der Waals surface area contributed by atoms with Gasteiger partial charge in [0.2, 0.25) is 0 Å². The van der Waals surface area contributed by atoms with Crippen LogP contribution in [-0.4, -0.2) is 27.1 Å². The van der Waals surface area contributed by atoms with E-state index in [0.29, 0.717) is 16.7 Å². The van der Waals surface area contributed by atoms with Gasteiger partial charge >= 0.3 is 5.69 Å². The maximum atomic E-state index is 12.4. The molecule has 1 amide bonds. The molecule has 3 N–H and O–H groups in total. The minimum atomic E-state index is -0.591. The number of nitrogens with one attached hydrogen (secondary N) is 3. The van der Waals surface area contributed by atoms with Gasteiger partial charge in [-0.1, -0.05) is 0 Å². The molecule has 122 valence electrons. The molecule has 0 bridgehead atoms. The number of benzene rings is 2. The predicted octanol–water partition coefficient (Wildman–Crippen LogP) is 2.74. The van der Waals surface area contributed by atoms with Crippen molar-refractivity contribution in [1.82, 2.24) is 9.97 Å². The van der Waals surface area contributed by atoms with Crippen molar-refractivity contribution in [3.63, 3.8) is 0 Å². The lowest BCUT2D eigenvalue weighted by molar-refractivity contribution is -0.385. The Morgan fingerprint density at radius 1 is 1.17 bits per heavy atom. The zero-order chi connectivity index (χ0) is 17.3. The van der Waals surface area contributed by atoms with Crippen molar-refractivity contribution in [2.24, 2.45) is 0 Å². The lowest BCUT2D eigenvalue weighted by atomic mass is 10.1. The number of nitrogens with zero attached hydrogens (tertiary/aromatic N) is 1. The molecule has 24 heavy (non-hydrogen) atoms. The maximum absolute atomic E-state index is 12.4. The van der Waals surface area contributed by atoms with Gasteiger partial charge in [-0.05, 0) is 36.6 Å². The molecule has 1 heterocycles. The molecule has 3 rings (SSSR count). The number of aromatic amines is 2. The largest absolute Gasteiger partial charge is 0.323 e. The first-order valence-electron chi connectivity index (χ1n) is 6.84. The van der Waals surface area contributed by atoms with Gasteiger partial charge in [-0.2, -0.15) is 0 Å². The normalized spacial score (nSPS) is 10.7. The quantitative estimate of drug-likeness (QED) is 0.382. The van der Waals surface area contributed by atoms with Crippen molar-refractivity contribution in [3.05, 3.63) is 62.6 Å². The SMILES string of the molecule is CSc1ccc([N+](=O)[O-])c(C(=O)Nc2ccc3[nH]c(=O)[nH]c3c2)c1. The summed E-state index contributed by atoms with van der Waals surface area (Å²) in [6, 6.07) is 9.21. The van der Waals surface area contributed by atoms with E-state index in [9.17, 15) is 19.7 Å². The molecule has 3 aromatic rings. The van der Waals surface area contributed by atoms with Crippen molar-refractivity contribution < 1.29 is 9.72 Å². The number of amides is 1. The first-order chi connectivity index (χ1) is 11.5. The van der Waals surface area contributed by atoms with Crippen LogP contribution in [0.25, 0.3) is 11.0 Å². The summed E-state index contributed by atoms with van der Waals surface area (Å²) in [4.78, 5) is 40.2. The van der Waals surface area contributed by atoms with Gasteiger partial charge in [0, 0.05) is 16.6 Å². The van der Waals surface area contributed by atoms with Crippen LogP contribution in [0, 0.1) is 10.1 Å². The van der Waals surface area contributed by atoms with Crippen LogP contribution >= 0.6 is 11.8 Å². The zero-order valence-corrected chi connectivity index (χ0v) is 13.3. The lowest BCUT2D eigenvalue weighted by Crippen LogP contribution is -2.14. The average Bonchev–Trinajstić information content (AvgIpc) is 2.93. The van der Waals surface area contributed by atoms with Crippen LogP contribution in [0.5, 0.6) is 0 Å². The van der Waals surface area contributed by atoms with Crippen LogP contribution in [0.1, 0.15) is 10.4 Å². The van der Waals surface area contributed by atoms with E-state index in [-0.39, 0.29) is 16.9 Å². The summed E-state index contributed by atoms with van der Waals surface area (Å²) in [5.41, 5.74) is 0.929. The molecule has 1 aromatic heterocycles. The van der Waals surface area contributed by atoms with E-state index in [1.165, 1.54) is 23.9 Å². The second-order valence-electron chi connectivity index (χ2n) is 4.93. The van der Waals surface area contributed by atoms with E-state index in [2.05, 4.69) is 15.3 Å². The van der Waals surface area contributed by atoms with E-state index in [4.69, 9.17) is 0 Å². The van der Waals surface area contributed by atoms with Crippen molar-refractivity contribution >= 4 is 40.1 Å². The summed E-state index contributed by atoms with van der Waals surface area (Å²) < 4.78 is 0. The standard InChI is InChI=1S/C15H12N4O4S/c1-24-9-3-5-13(19(22)23)10(7-9)14(20)16-8-2-4-11-12(6-8)18-15(21)17-11/h2-7H,1H3,(H,16,20)(H2,17,18,21). The number of anilines is 1. The summed E-state index contributed by atoms with van der Waals surface area (Å²) in [5, 5.41) is 13.7. The highest BCUT2D eigenvalue weighted by atomic mass is 32.2. The molecule has 0 saturated heterocycles. The number of nitro benzene ring substituents is 1. The number of aromatic nitrogens is 2. The molecule has 0 saturated carbocycles. The molecular weight excluding hydrogens is 332 g/mol. The molecule has 0 spiro atoms. The minimum absolute atomic E-state index is 0.0190. The van der Waals surface area contributed by atoms with Crippen LogP contribution < -0.4 is 11.0 Å². The second-order valence-corrected chi connectivity index (χ2v) is 5.81. The monoisotopic (exact) mass is 344 g/mol. The van der Waals surface area contributed by atoms with Gasteiger partial charge < -0.3 is 15.3 Å². The van der Waals surface area contributed by atoms with E-state index in [1.54, 1.807) is 24.3 Å². The van der Waals surface area contributed by atoms with Crippen molar-refractivity contribution in [2.75, 3.05) is 11.6 Å².